The van der Waals surface area contributed by atoms with Crippen LogP contribution in [0.1, 0.15) is 143 Å². The second kappa shape index (κ2) is 22.0. The molecular formula is C58H69F3N10O6. The third kappa shape index (κ3) is 10.4. The highest BCUT2D eigenvalue weighted by Gasteiger charge is 2.42. The van der Waals surface area contributed by atoms with E-state index in [2.05, 4.69) is 37.6 Å². The summed E-state index contributed by atoms with van der Waals surface area (Å²) in [6.45, 7) is 11.5. The Kier molecular flexibility index (Phi) is 15.2. The van der Waals surface area contributed by atoms with Gasteiger partial charge in [-0.25, -0.2) is 32.7 Å². The molecule has 0 saturated carbocycles. The van der Waals surface area contributed by atoms with E-state index in [4.69, 9.17) is 19.4 Å². The van der Waals surface area contributed by atoms with Crippen molar-refractivity contribution in [1.82, 2.24) is 40.4 Å². The van der Waals surface area contributed by atoms with Crippen LogP contribution in [0, 0.1) is 36.2 Å². The molecular weight excluding hydrogens is 990 g/mol. The molecule has 2 aromatic heterocycles. The molecule has 10 rings (SSSR count). The Morgan fingerprint density at radius 3 is 1.53 bits per heavy atom. The van der Waals surface area contributed by atoms with Crippen LogP contribution in [0.15, 0.2) is 66.7 Å². The molecule has 0 spiro atoms. The molecule has 6 aromatic rings. The minimum absolute atomic E-state index is 0.228. The quantitative estimate of drug-likeness (QED) is 0.0869. The van der Waals surface area contributed by atoms with Crippen molar-refractivity contribution in [2.45, 2.75) is 128 Å². The Bertz CT molecular complexity index is 3000. The number of H-pyrrole nitrogens is 2. The van der Waals surface area contributed by atoms with Gasteiger partial charge in [-0.2, -0.15) is 0 Å². The van der Waals surface area contributed by atoms with Gasteiger partial charge in [-0.15, -0.1) is 0 Å². The second-order valence-electron chi connectivity index (χ2n) is 21.9. The molecule has 0 aliphatic carbocycles. The first-order valence-electron chi connectivity index (χ1n) is 27.1. The van der Waals surface area contributed by atoms with Gasteiger partial charge < -0.3 is 49.7 Å². The number of aromatic amines is 2. The number of aromatic nitrogens is 4. The molecule has 0 bridgehead atoms. The first kappa shape index (κ1) is 53.1. The standard InChI is InChI=1S/C58H69F3N10O6/c1-31(2)50(66-57(74)76-6)55(72)69-21-11-15-48(69)53-62-42-27-37(39(59)29-44(42)64-53)46-17-18-47(71(46)36-25-33(5)52(41(61)26-36)68-23-19-35(20-24-68)34-13-9-8-10-14-34)38-28-43-45(30-40(38)60)65-54(63-43)49-16-12-22-70(49)56(73)51(32(3)4)67-58(75)77-7/h8-10,13-14,25-32,35,46-51H,11-12,15-24H2,1-7H3,(H,62,64)(H,63,65)(H,66,74)(H,67,75)/t46-,47-,48+,49+,50+,51?/m1/s1. The lowest BCUT2D eigenvalue weighted by atomic mass is 9.89. The van der Waals surface area contributed by atoms with Gasteiger partial charge in [0.25, 0.3) is 0 Å². The van der Waals surface area contributed by atoms with Gasteiger partial charge in [-0.3, -0.25) is 9.59 Å². The maximum Gasteiger partial charge on any atom is 0.407 e. The van der Waals surface area contributed by atoms with E-state index in [0.717, 1.165) is 12.8 Å². The highest BCUT2D eigenvalue weighted by atomic mass is 19.1. The van der Waals surface area contributed by atoms with Gasteiger partial charge in [0, 0.05) is 55.1 Å². The van der Waals surface area contributed by atoms with Gasteiger partial charge in [-0.05, 0) is 111 Å². The number of amides is 4. The largest absolute Gasteiger partial charge is 0.453 e. The predicted octanol–water partition coefficient (Wildman–Crippen LogP) is 10.7. The summed E-state index contributed by atoms with van der Waals surface area (Å²) in [7, 11) is 2.50. The number of alkyl carbamates (subject to hydrolysis) is 2. The molecule has 6 heterocycles. The zero-order valence-corrected chi connectivity index (χ0v) is 44.8. The van der Waals surface area contributed by atoms with Crippen molar-refractivity contribution < 1.29 is 41.8 Å². The topological polar surface area (TPSA) is 181 Å². The SMILES string of the molecule is COC(=O)NC(C(=O)N1CCC[C@H]1c1nc2cc(F)c([C@H]3CC[C@H](c4cc5[nH]c([C@@H]6CCCN6C(=O)[C@@H](NC(=O)OC)C(C)C)nc5cc4F)N3c3cc(C)c(N4CCC(c5ccccc5)CC4)c(F)c3)cc2[nH]1)C(C)C. The summed E-state index contributed by atoms with van der Waals surface area (Å²) in [6.07, 6.45) is 3.71. The molecule has 4 aliphatic rings. The van der Waals surface area contributed by atoms with Crippen LogP contribution in [0.4, 0.5) is 34.1 Å². The molecule has 16 nitrogen and oxygen atoms in total. The van der Waals surface area contributed by atoms with Crippen LogP contribution in [0.2, 0.25) is 0 Å². The zero-order valence-electron chi connectivity index (χ0n) is 44.8. The number of fused-ring (bicyclic) bond motifs is 2. The highest BCUT2D eigenvalue weighted by molar-refractivity contribution is 5.88. The average Bonchev–Trinajstić information content (AvgIpc) is 4.36. The van der Waals surface area contributed by atoms with Crippen LogP contribution in [-0.2, 0) is 19.1 Å². The fourth-order valence-corrected chi connectivity index (χ4v) is 12.6. The van der Waals surface area contributed by atoms with E-state index < -0.39 is 65.9 Å². The van der Waals surface area contributed by atoms with E-state index in [1.165, 1.54) is 38.0 Å². The van der Waals surface area contributed by atoms with Gasteiger partial charge >= 0.3 is 12.2 Å². The number of benzene rings is 4. The van der Waals surface area contributed by atoms with E-state index in [-0.39, 0.29) is 23.7 Å². The van der Waals surface area contributed by atoms with E-state index in [1.807, 2.05) is 63.8 Å². The summed E-state index contributed by atoms with van der Waals surface area (Å²) < 4.78 is 60.8. The van der Waals surface area contributed by atoms with Crippen molar-refractivity contribution in [3.05, 3.63) is 118 Å². The fourth-order valence-electron chi connectivity index (χ4n) is 12.6. The number of methoxy groups -OCH3 is 2. The van der Waals surface area contributed by atoms with Gasteiger partial charge in [-0.1, -0.05) is 58.0 Å². The smallest absolute Gasteiger partial charge is 0.407 e. The number of hydrogen-bond donors (Lipinski definition) is 4. The van der Waals surface area contributed by atoms with Crippen molar-refractivity contribution in [3.8, 4) is 0 Å². The fraction of sp³-hybridized carbons (Fsp3) is 0.483. The van der Waals surface area contributed by atoms with Crippen molar-refractivity contribution in [2.75, 3.05) is 50.2 Å². The number of carbonyl (C=O) groups excluding carboxylic acids is 4. The van der Waals surface area contributed by atoms with Gasteiger partial charge in [0.2, 0.25) is 11.8 Å². The van der Waals surface area contributed by atoms with E-state index in [1.54, 1.807) is 21.9 Å². The van der Waals surface area contributed by atoms with Crippen LogP contribution in [-0.4, -0.2) is 106 Å². The van der Waals surface area contributed by atoms with E-state index >= 15 is 13.2 Å². The van der Waals surface area contributed by atoms with Gasteiger partial charge in [0.15, 0.2) is 0 Å². The zero-order chi connectivity index (χ0) is 54.4. The summed E-state index contributed by atoms with van der Waals surface area (Å²) >= 11 is 0. The molecule has 77 heavy (non-hydrogen) atoms. The first-order valence-corrected chi connectivity index (χ1v) is 27.1. The molecule has 4 saturated heterocycles. The highest BCUT2D eigenvalue weighted by Crippen LogP contribution is 2.50. The number of aryl methyl sites for hydroxylation is 1. The molecule has 4 aliphatic heterocycles. The number of halogens is 3. The van der Waals surface area contributed by atoms with E-state index in [0.29, 0.717) is 132 Å². The average molecular weight is 1060 g/mol. The van der Waals surface area contributed by atoms with Gasteiger partial charge in [0.1, 0.15) is 41.2 Å². The Morgan fingerprint density at radius 1 is 0.610 bits per heavy atom. The number of likely N-dealkylation sites (tertiary alicyclic amines) is 2. The number of rotatable bonds is 13. The van der Waals surface area contributed by atoms with Crippen LogP contribution in [0.3, 0.4) is 0 Å². The normalized spacial score (nSPS) is 20.9. The number of carbonyl (C=O) groups is 4. The lowest BCUT2D eigenvalue weighted by molar-refractivity contribution is -0.136. The summed E-state index contributed by atoms with van der Waals surface area (Å²) in [5.41, 5.74) is 5.44. The Morgan fingerprint density at radius 2 is 1.09 bits per heavy atom. The minimum atomic E-state index is -0.831. The number of nitrogens with one attached hydrogen (secondary N) is 4. The van der Waals surface area contributed by atoms with Crippen LogP contribution in [0.5, 0.6) is 0 Å². The monoisotopic (exact) mass is 1060 g/mol. The summed E-state index contributed by atoms with van der Waals surface area (Å²) in [6, 6.07) is 16.1. The summed E-state index contributed by atoms with van der Waals surface area (Å²) in [5, 5.41) is 5.36. The molecule has 408 valence electrons. The molecule has 4 fully saturated rings. The Hall–Kier alpha value is -7.31. The first-order chi connectivity index (χ1) is 37.0. The maximum atomic E-state index is 17.1. The number of nitrogens with zero attached hydrogens (tertiary/aromatic N) is 6. The van der Waals surface area contributed by atoms with Crippen molar-refractivity contribution in [2.24, 2.45) is 11.8 Å². The number of ether oxygens (including phenoxy) is 2. The van der Waals surface area contributed by atoms with Crippen LogP contribution < -0.4 is 20.4 Å². The lowest BCUT2D eigenvalue weighted by Gasteiger charge is -2.37. The van der Waals surface area contributed by atoms with Crippen LogP contribution in [0.25, 0.3) is 22.1 Å². The minimum Gasteiger partial charge on any atom is -0.453 e. The Labute approximate surface area is 446 Å². The number of hydrogen-bond acceptors (Lipinski definition) is 10. The third-order valence-corrected chi connectivity index (χ3v) is 16.4. The van der Waals surface area contributed by atoms with E-state index in [9.17, 15) is 19.2 Å². The van der Waals surface area contributed by atoms with Crippen molar-refractivity contribution in [1.29, 1.82) is 0 Å². The number of piperidine rings is 1. The predicted molar refractivity (Wildman–Crippen MR) is 287 cm³/mol. The second-order valence-corrected chi connectivity index (χ2v) is 21.9. The molecule has 0 radical (unpaired) electrons. The molecule has 6 atom stereocenters. The molecule has 4 N–H and O–H groups in total. The molecule has 1 unspecified atom stereocenters. The van der Waals surface area contributed by atoms with Gasteiger partial charge in [0.05, 0.1) is 66.1 Å². The molecule has 4 aromatic carbocycles. The maximum absolute atomic E-state index is 17.1. The summed E-state index contributed by atoms with van der Waals surface area (Å²) in [5.74, 6) is -1.13. The number of imidazole rings is 2. The third-order valence-electron chi connectivity index (χ3n) is 16.4. The van der Waals surface area contributed by atoms with Crippen LogP contribution >= 0.6 is 0 Å². The summed E-state index contributed by atoms with van der Waals surface area (Å²) in [4.78, 5) is 76.4. The Balaban J connectivity index is 0.994. The number of anilines is 2. The molecule has 19 heteroatoms. The van der Waals surface area contributed by atoms with Crippen molar-refractivity contribution >= 4 is 57.4 Å². The van der Waals surface area contributed by atoms with Crippen molar-refractivity contribution in [3.63, 3.8) is 0 Å². The molecule has 4 amide bonds. The lowest BCUT2D eigenvalue weighted by Crippen LogP contribution is -2.51.